The summed E-state index contributed by atoms with van der Waals surface area (Å²) in [5.41, 5.74) is 3.74. The summed E-state index contributed by atoms with van der Waals surface area (Å²) in [7, 11) is 1.79. The van der Waals surface area contributed by atoms with Crippen molar-refractivity contribution in [3.63, 3.8) is 0 Å². The Balaban J connectivity index is 1.69. The highest BCUT2D eigenvalue weighted by Gasteiger charge is 2.15. The zero-order valence-electron chi connectivity index (χ0n) is 17.4. The molecule has 3 rings (SSSR count). The van der Waals surface area contributed by atoms with Gasteiger partial charge in [-0.25, -0.2) is 9.97 Å². The second-order valence-electron chi connectivity index (χ2n) is 7.42. The van der Waals surface area contributed by atoms with Crippen LogP contribution < -0.4 is 5.32 Å². The number of aryl methyl sites for hydroxylation is 1. The van der Waals surface area contributed by atoms with Gasteiger partial charge in [-0.05, 0) is 54.7 Å². The minimum Gasteiger partial charge on any atom is -0.340 e. The van der Waals surface area contributed by atoms with Gasteiger partial charge in [0.2, 0.25) is 0 Å². The van der Waals surface area contributed by atoms with Crippen molar-refractivity contribution in [1.82, 2.24) is 19.9 Å². The third kappa shape index (κ3) is 5.60. The molecule has 150 valence electrons. The van der Waals surface area contributed by atoms with E-state index in [0.29, 0.717) is 29.8 Å². The molecule has 0 spiro atoms. The third-order valence-electron chi connectivity index (χ3n) is 4.74. The quantitative estimate of drug-likeness (QED) is 0.650. The lowest BCUT2D eigenvalue weighted by molar-refractivity contribution is 0.0790. The van der Waals surface area contributed by atoms with Gasteiger partial charge in [0.25, 0.3) is 5.91 Å². The molecule has 2 heterocycles. The molecule has 6 heteroatoms. The first kappa shape index (κ1) is 20.5. The summed E-state index contributed by atoms with van der Waals surface area (Å²) in [6.45, 7) is 6.73. The molecule has 0 aliphatic heterocycles. The largest absolute Gasteiger partial charge is 0.340 e. The highest BCUT2D eigenvalue weighted by atomic mass is 16.2. The van der Waals surface area contributed by atoms with Crippen LogP contribution in [0.2, 0.25) is 0 Å². The van der Waals surface area contributed by atoms with E-state index in [1.807, 2.05) is 24.3 Å². The number of benzene rings is 1. The predicted octanol–water partition coefficient (Wildman–Crippen LogP) is 4.36. The second-order valence-corrected chi connectivity index (χ2v) is 7.42. The fourth-order valence-electron chi connectivity index (χ4n) is 2.98. The van der Waals surface area contributed by atoms with Crippen LogP contribution in [0, 0.1) is 6.92 Å². The van der Waals surface area contributed by atoms with Crippen molar-refractivity contribution in [2.45, 2.75) is 33.1 Å². The van der Waals surface area contributed by atoms with Gasteiger partial charge in [-0.3, -0.25) is 9.78 Å². The number of pyridine rings is 1. The van der Waals surface area contributed by atoms with Crippen LogP contribution in [0.25, 0.3) is 0 Å². The van der Waals surface area contributed by atoms with Gasteiger partial charge in [0.15, 0.2) is 0 Å². The standard InChI is InChI=1S/C23H27N5O/c1-16(2)19-5-7-20(8-6-19)27-22-15-21(25-17(3)26-22)23(29)28(4)14-11-18-9-12-24-13-10-18/h5-10,12-13,15-16H,11,14H2,1-4H3,(H,25,26,27). The molecule has 0 unspecified atom stereocenters. The van der Waals surface area contributed by atoms with Gasteiger partial charge in [-0.2, -0.15) is 0 Å². The van der Waals surface area contributed by atoms with E-state index in [1.54, 1.807) is 37.3 Å². The van der Waals surface area contributed by atoms with E-state index in [-0.39, 0.29) is 5.91 Å². The molecule has 0 aliphatic rings. The van der Waals surface area contributed by atoms with Crippen molar-refractivity contribution in [2.24, 2.45) is 0 Å². The van der Waals surface area contributed by atoms with Crippen LogP contribution in [0.15, 0.2) is 54.9 Å². The fraction of sp³-hybridized carbons (Fsp3) is 0.304. The summed E-state index contributed by atoms with van der Waals surface area (Å²) in [4.78, 5) is 27.3. The zero-order chi connectivity index (χ0) is 20.8. The Morgan fingerprint density at radius 1 is 1.07 bits per heavy atom. The molecule has 0 saturated carbocycles. The number of rotatable bonds is 7. The van der Waals surface area contributed by atoms with Crippen molar-refractivity contribution in [2.75, 3.05) is 18.9 Å². The maximum atomic E-state index is 12.8. The molecule has 6 nitrogen and oxygen atoms in total. The number of aromatic nitrogens is 3. The minimum absolute atomic E-state index is 0.122. The van der Waals surface area contributed by atoms with Crippen LogP contribution in [0.4, 0.5) is 11.5 Å². The highest BCUT2D eigenvalue weighted by molar-refractivity contribution is 5.93. The van der Waals surface area contributed by atoms with Crippen LogP contribution >= 0.6 is 0 Å². The van der Waals surface area contributed by atoms with Gasteiger partial charge < -0.3 is 10.2 Å². The van der Waals surface area contributed by atoms with Gasteiger partial charge in [-0.1, -0.05) is 26.0 Å². The SMILES string of the molecule is Cc1nc(Nc2ccc(C(C)C)cc2)cc(C(=O)N(C)CCc2ccncc2)n1. The molecule has 1 amide bonds. The van der Waals surface area contributed by atoms with Gasteiger partial charge in [0.1, 0.15) is 17.3 Å². The highest BCUT2D eigenvalue weighted by Crippen LogP contribution is 2.20. The van der Waals surface area contributed by atoms with Crippen molar-refractivity contribution in [1.29, 1.82) is 0 Å². The molecule has 0 aliphatic carbocycles. The molecular formula is C23H27N5O. The molecule has 3 aromatic rings. The van der Waals surface area contributed by atoms with E-state index in [1.165, 1.54) is 5.56 Å². The van der Waals surface area contributed by atoms with E-state index in [0.717, 1.165) is 17.7 Å². The molecule has 2 aromatic heterocycles. The molecule has 0 radical (unpaired) electrons. The summed E-state index contributed by atoms with van der Waals surface area (Å²) in [5.74, 6) is 1.53. The van der Waals surface area contributed by atoms with E-state index in [2.05, 4.69) is 46.2 Å². The lowest BCUT2D eigenvalue weighted by atomic mass is 10.0. The number of nitrogens with one attached hydrogen (secondary N) is 1. The number of nitrogens with zero attached hydrogens (tertiary/aromatic N) is 4. The predicted molar refractivity (Wildman–Crippen MR) is 115 cm³/mol. The summed E-state index contributed by atoms with van der Waals surface area (Å²) in [6.07, 6.45) is 4.29. The molecule has 0 bridgehead atoms. The van der Waals surface area contributed by atoms with E-state index in [9.17, 15) is 4.79 Å². The van der Waals surface area contributed by atoms with Crippen LogP contribution in [0.5, 0.6) is 0 Å². The lowest BCUT2D eigenvalue weighted by Crippen LogP contribution is -2.30. The van der Waals surface area contributed by atoms with Crippen LogP contribution in [-0.2, 0) is 6.42 Å². The Labute approximate surface area is 172 Å². The van der Waals surface area contributed by atoms with Crippen molar-refractivity contribution >= 4 is 17.4 Å². The summed E-state index contributed by atoms with van der Waals surface area (Å²) >= 11 is 0. The average Bonchev–Trinajstić information content (AvgIpc) is 2.72. The van der Waals surface area contributed by atoms with Crippen molar-refractivity contribution in [3.05, 3.63) is 77.5 Å². The van der Waals surface area contributed by atoms with Crippen LogP contribution in [-0.4, -0.2) is 39.4 Å². The number of hydrogen-bond donors (Lipinski definition) is 1. The van der Waals surface area contributed by atoms with Crippen LogP contribution in [0.1, 0.15) is 47.2 Å². The molecule has 0 saturated heterocycles. The fourth-order valence-corrected chi connectivity index (χ4v) is 2.98. The van der Waals surface area contributed by atoms with Gasteiger partial charge in [0, 0.05) is 37.7 Å². The zero-order valence-corrected chi connectivity index (χ0v) is 17.4. The van der Waals surface area contributed by atoms with Crippen molar-refractivity contribution in [3.8, 4) is 0 Å². The average molecular weight is 390 g/mol. The number of anilines is 2. The van der Waals surface area contributed by atoms with E-state index in [4.69, 9.17) is 0 Å². The maximum absolute atomic E-state index is 12.8. The van der Waals surface area contributed by atoms with Crippen LogP contribution in [0.3, 0.4) is 0 Å². The Morgan fingerprint density at radius 3 is 2.41 bits per heavy atom. The molecule has 1 N–H and O–H groups in total. The monoisotopic (exact) mass is 389 g/mol. The first-order valence-corrected chi connectivity index (χ1v) is 9.79. The number of amides is 1. The van der Waals surface area contributed by atoms with Gasteiger partial charge in [0.05, 0.1) is 0 Å². The molecular weight excluding hydrogens is 362 g/mol. The second kappa shape index (κ2) is 9.28. The summed E-state index contributed by atoms with van der Waals surface area (Å²) in [6, 6.07) is 13.9. The molecule has 0 fully saturated rings. The van der Waals surface area contributed by atoms with E-state index >= 15 is 0 Å². The molecule has 29 heavy (non-hydrogen) atoms. The Kier molecular flexibility index (Phi) is 6.54. The summed E-state index contributed by atoms with van der Waals surface area (Å²) in [5, 5.41) is 3.27. The lowest BCUT2D eigenvalue weighted by Gasteiger charge is -2.17. The van der Waals surface area contributed by atoms with E-state index < -0.39 is 0 Å². The molecule has 0 atom stereocenters. The number of likely N-dealkylation sites (N-methyl/N-ethyl adjacent to an activating group) is 1. The molecule has 1 aromatic carbocycles. The number of carbonyl (C=O) groups is 1. The van der Waals surface area contributed by atoms with Gasteiger partial charge in [-0.15, -0.1) is 0 Å². The number of hydrogen-bond acceptors (Lipinski definition) is 5. The topological polar surface area (TPSA) is 71.0 Å². The van der Waals surface area contributed by atoms with Crippen molar-refractivity contribution < 1.29 is 4.79 Å². The first-order chi connectivity index (χ1) is 13.9. The Morgan fingerprint density at radius 2 is 1.76 bits per heavy atom. The maximum Gasteiger partial charge on any atom is 0.272 e. The Bertz CT molecular complexity index is 955. The smallest absolute Gasteiger partial charge is 0.272 e. The van der Waals surface area contributed by atoms with Gasteiger partial charge >= 0.3 is 0 Å². The first-order valence-electron chi connectivity index (χ1n) is 9.79. The minimum atomic E-state index is -0.122. The normalized spacial score (nSPS) is 10.8. The Hall–Kier alpha value is -3.28. The number of carbonyl (C=O) groups excluding carboxylic acids is 1. The third-order valence-corrected chi connectivity index (χ3v) is 4.74. The summed E-state index contributed by atoms with van der Waals surface area (Å²) < 4.78 is 0.